The molecular weight excluding hydrogens is 261 g/mol. The van der Waals surface area contributed by atoms with E-state index in [4.69, 9.17) is 23.2 Å². The lowest BCUT2D eigenvalue weighted by molar-refractivity contribution is 0.0929. The van der Waals surface area contributed by atoms with Crippen LogP contribution < -0.4 is 10.6 Å². The summed E-state index contributed by atoms with van der Waals surface area (Å²) in [6, 6.07) is 1.77. The largest absolute Gasteiger partial charge is 0.348 e. The zero-order chi connectivity index (χ0) is 12.3. The predicted octanol–water partition coefficient (Wildman–Crippen LogP) is 2.19. The van der Waals surface area contributed by atoms with Crippen LogP contribution in [0.1, 0.15) is 29.8 Å². The Morgan fingerprint density at radius 3 is 2.88 bits per heavy atom. The van der Waals surface area contributed by atoms with E-state index in [-0.39, 0.29) is 11.9 Å². The van der Waals surface area contributed by atoms with Crippen LogP contribution in [-0.2, 0) is 0 Å². The van der Waals surface area contributed by atoms with Gasteiger partial charge >= 0.3 is 0 Å². The molecule has 1 aromatic rings. The van der Waals surface area contributed by atoms with E-state index >= 15 is 0 Å². The Labute approximate surface area is 110 Å². The summed E-state index contributed by atoms with van der Waals surface area (Å²) in [7, 11) is 0. The van der Waals surface area contributed by atoms with Crippen LogP contribution >= 0.6 is 23.2 Å². The molecule has 1 aliphatic rings. The van der Waals surface area contributed by atoms with Crippen LogP contribution in [0.4, 0.5) is 0 Å². The summed E-state index contributed by atoms with van der Waals surface area (Å²) in [6.45, 7) is 1.96. The lowest BCUT2D eigenvalue weighted by Gasteiger charge is -2.15. The van der Waals surface area contributed by atoms with Crippen LogP contribution in [0.3, 0.4) is 0 Å². The van der Waals surface area contributed by atoms with E-state index in [1.165, 1.54) is 0 Å². The molecule has 0 spiro atoms. The third kappa shape index (κ3) is 3.37. The van der Waals surface area contributed by atoms with Crippen molar-refractivity contribution in [3.05, 3.63) is 21.9 Å². The average molecular weight is 276 g/mol. The normalized spacial score (nSPS) is 20.9. The number of halogens is 2. The van der Waals surface area contributed by atoms with Gasteiger partial charge in [-0.25, -0.2) is 0 Å². The van der Waals surface area contributed by atoms with E-state index in [1.54, 1.807) is 6.07 Å². The van der Waals surface area contributed by atoms with Crippen molar-refractivity contribution >= 4 is 29.1 Å². The average Bonchev–Trinajstić information content (AvgIpc) is 2.54. The molecule has 1 unspecified atom stereocenters. The molecule has 1 saturated heterocycles. The smallest absolute Gasteiger partial charge is 0.268 e. The molecule has 4 nitrogen and oxygen atoms in total. The topological polar surface area (TPSA) is 56.9 Å². The molecule has 0 aromatic carbocycles. The number of aromatic amines is 1. The number of carbonyl (C=O) groups is 1. The fourth-order valence-corrected chi connectivity index (χ4v) is 2.27. The van der Waals surface area contributed by atoms with Gasteiger partial charge in [-0.2, -0.15) is 0 Å². The summed E-state index contributed by atoms with van der Waals surface area (Å²) in [5.41, 5.74) is 0.414. The van der Waals surface area contributed by atoms with Gasteiger partial charge in [-0.3, -0.25) is 4.79 Å². The molecule has 0 aliphatic carbocycles. The first kappa shape index (κ1) is 12.7. The fourth-order valence-electron chi connectivity index (χ4n) is 1.95. The van der Waals surface area contributed by atoms with E-state index < -0.39 is 0 Å². The second kappa shape index (κ2) is 5.76. The van der Waals surface area contributed by atoms with Crippen LogP contribution in [0.5, 0.6) is 0 Å². The minimum atomic E-state index is -0.147. The van der Waals surface area contributed by atoms with Crippen LogP contribution in [0, 0.1) is 0 Å². The van der Waals surface area contributed by atoms with E-state index in [0.717, 1.165) is 32.4 Å². The molecule has 0 bridgehead atoms. The second-order valence-corrected chi connectivity index (χ2v) is 4.98. The molecule has 1 atom stereocenters. The lowest BCUT2D eigenvalue weighted by atomic mass is 10.1. The van der Waals surface area contributed by atoms with Gasteiger partial charge in [0.15, 0.2) is 0 Å². The van der Waals surface area contributed by atoms with Gasteiger partial charge in [0.1, 0.15) is 10.8 Å². The molecule has 1 amide bonds. The molecule has 2 rings (SSSR count). The SMILES string of the molecule is O=C(NC1CCCNCC1)c1cc(Cl)c(Cl)[nH]1. The van der Waals surface area contributed by atoms with Gasteiger partial charge in [-0.05, 0) is 38.4 Å². The highest BCUT2D eigenvalue weighted by molar-refractivity contribution is 6.41. The Hall–Kier alpha value is -0.710. The van der Waals surface area contributed by atoms with E-state index in [1.807, 2.05) is 0 Å². The number of aromatic nitrogens is 1. The van der Waals surface area contributed by atoms with Gasteiger partial charge in [0, 0.05) is 6.04 Å². The molecule has 3 N–H and O–H groups in total. The van der Waals surface area contributed by atoms with Crippen molar-refractivity contribution in [2.24, 2.45) is 0 Å². The molecule has 94 valence electrons. The van der Waals surface area contributed by atoms with Crippen molar-refractivity contribution in [1.82, 2.24) is 15.6 Å². The Kier molecular flexibility index (Phi) is 4.31. The lowest BCUT2D eigenvalue weighted by Crippen LogP contribution is -2.35. The minimum Gasteiger partial charge on any atom is -0.348 e. The number of hydrogen-bond acceptors (Lipinski definition) is 2. The van der Waals surface area contributed by atoms with Crippen molar-refractivity contribution in [3.8, 4) is 0 Å². The molecule has 1 aliphatic heterocycles. The van der Waals surface area contributed by atoms with E-state index in [9.17, 15) is 4.79 Å². The maximum absolute atomic E-state index is 11.9. The van der Waals surface area contributed by atoms with E-state index in [2.05, 4.69) is 15.6 Å². The summed E-state index contributed by atoms with van der Waals surface area (Å²) in [6.07, 6.45) is 3.03. The molecule has 0 radical (unpaired) electrons. The van der Waals surface area contributed by atoms with E-state index in [0.29, 0.717) is 15.9 Å². The van der Waals surface area contributed by atoms with Gasteiger partial charge in [-0.15, -0.1) is 0 Å². The number of amides is 1. The summed E-state index contributed by atoms with van der Waals surface area (Å²) in [4.78, 5) is 14.7. The number of hydrogen-bond donors (Lipinski definition) is 3. The van der Waals surface area contributed by atoms with Gasteiger partial charge in [-0.1, -0.05) is 23.2 Å². The first-order chi connectivity index (χ1) is 8.16. The van der Waals surface area contributed by atoms with Crippen LogP contribution in [0.15, 0.2) is 6.07 Å². The van der Waals surface area contributed by atoms with Gasteiger partial charge in [0.05, 0.1) is 5.02 Å². The molecular formula is C11H15Cl2N3O. The van der Waals surface area contributed by atoms with Crippen LogP contribution in [-0.4, -0.2) is 30.0 Å². The molecule has 6 heteroatoms. The summed E-state index contributed by atoms with van der Waals surface area (Å²) in [5, 5.41) is 6.97. The summed E-state index contributed by atoms with van der Waals surface area (Å²) >= 11 is 11.6. The Balaban J connectivity index is 1.95. The Morgan fingerprint density at radius 1 is 1.35 bits per heavy atom. The number of nitrogens with one attached hydrogen (secondary N) is 3. The van der Waals surface area contributed by atoms with Gasteiger partial charge in [0.25, 0.3) is 5.91 Å². The van der Waals surface area contributed by atoms with Crippen molar-refractivity contribution in [2.45, 2.75) is 25.3 Å². The van der Waals surface area contributed by atoms with Crippen molar-refractivity contribution < 1.29 is 4.79 Å². The summed E-state index contributed by atoms with van der Waals surface area (Å²) < 4.78 is 0. The third-order valence-corrected chi connectivity index (χ3v) is 3.57. The number of H-pyrrole nitrogens is 1. The minimum absolute atomic E-state index is 0.147. The van der Waals surface area contributed by atoms with Crippen molar-refractivity contribution in [3.63, 3.8) is 0 Å². The Bertz CT molecular complexity index is 378. The zero-order valence-electron chi connectivity index (χ0n) is 9.35. The predicted molar refractivity (Wildman–Crippen MR) is 68.8 cm³/mol. The van der Waals surface area contributed by atoms with Crippen LogP contribution in [0.25, 0.3) is 0 Å². The quantitative estimate of drug-likeness (QED) is 0.775. The maximum atomic E-state index is 11.9. The fraction of sp³-hybridized carbons (Fsp3) is 0.545. The zero-order valence-corrected chi connectivity index (χ0v) is 10.9. The molecule has 1 aromatic heterocycles. The Morgan fingerprint density at radius 2 is 2.18 bits per heavy atom. The van der Waals surface area contributed by atoms with Gasteiger partial charge in [0.2, 0.25) is 0 Å². The highest BCUT2D eigenvalue weighted by Gasteiger charge is 2.17. The third-order valence-electron chi connectivity index (χ3n) is 2.88. The highest BCUT2D eigenvalue weighted by atomic mass is 35.5. The van der Waals surface area contributed by atoms with Crippen molar-refractivity contribution in [1.29, 1.82) is 0 Å². The molecule has 2 heterocycles. The molecule has 0 saturated carbocycles. The molecule has 17 heavy (non-hydrogen) atoms. The van der Waals surface area contributed by atoms with Crippen molar-refractivity contribution in [2.75, 3.05) is 13.1 Å². The first-order valence-electron chi connectivity index (χ1n) is 5.72. The molecule has 1 fully saturated rings. The standard InChI is InChI=1S/C11H15Cl2N3O/c12-8-6-9(16-10(8)13)11(17)15-7-2-1-4-14-5-3-7/h6-7,14,16H,1-5H2,(H,15,17). The number of carbonyl (C=O) groups excluding carboxylic acids is 1. The first-order valence-corrected chi connectivity index (χ1v) is 6.48. The second-order valence-electron chi connectivity index (χ2n) is 4.20. The highest BCUT2D eigenvalue weighted by Crippen LogP contribution is 2.21. The summed E-state index contributed by atoms with van der Waals surface area (Å²) in [5.74, 6) is -0.147. The number of rotatable bonds is 2. The maximum Gasteiger partial charge on any atom is 0.268 e. The van der Waals surface area contributed by atoms with Gasteiger partial charge < -0.3 is 15.6 Å². The monoisotopic (exact) mass is 275 g/mol. The van der Waals surface area contributed by atoms with Crippen LogP contribution in [0.2, 0.25) is 10.2 Å².